The van der Waals surface area contributed by atoms with Crippen molar-refractivity contribution in [2.24, 2.45) is 0 Å². The Kier molecular flexibility index (Phi) is 3.94. The zero-order valence-corrected chi connectivity index (χ0v) is 7.22. The highest BCUT2D eigenvalue weighted by Crippen LogP contribution is 2.35. The Bertz CT molecular complexity index is 204. The summed E-state index contributed by atoms with van der Waals surface area (Å²) in [6.07, 6.45) is -14.4. The molecule has 1 nitrogen and oxygen atoms in total. The van der Waals surface area contributed by atoms with Gasteiger partial charge in [0, 0.05) is 6.92 Å². The second-order valence-corrected chi connectivity index (χ2v) is 2.76. The molecule has 0 rings (SSSR count). The van der Waals surface area contributed by atoms with Crippen molar-refractivity contribution in [3.05, 3.63) is 0 Å². The lowest BCUT2D eigenvalue weighted by Gasteiger charge is -2.23. The molecule has 0 aromatic rings. The first-order valence-corrected chi connectivity index (χ1v) is 3.46. The molecule has 15 heavy (non-hydrogen) atoms. The molecule has 0 amide bonds. The molecule has 0 aromatic heterocycles. The number of hydrogen-bond donors (Lipinski definition) is 0. The van der Waals surface area contributed by atoms with Crippen LogP contribution in [0.15, 0.2) is 0 Å². The van der Waals surface area contributed by atoms with Gasteiger partial charge >= 0.3 is 18.2 Å². The van der Waals surface area contributed by atoms with Crippen LogP contribution in [0.25, 0.3) is 0 Å². The molecular formula is C6H6F8O. The van der Waals surface area contributed by atoms with Crippen LogP contribution in [0, 0.1) is 0 Å². The Morgan fingerprint density at radius 1 is 1.00 bits per heavy atom. The minimum atomic E-state index is -5.82. The third-order valence-corrected chi connectivity index (χ3v) is 1.18. The number of rotatable bonds is 4. The Labute approximate surface area is 79.0 Å². The van der Waals surface area contributed by atoms with Gasteiger partial charge < -0.3 is 4.74 Å². The van der Waals surface area contributed by atoms with E-state index >= 15 is 0 Å². The molecule has 0 aliphatic carbocycles. The molecule has 0 radical (unpaired) electrons. The molecule has 0 N–H and O–H groups in total. The molecular weight excluding hydrogens is 240 g/mol. The largest absolute Gasteiger partial charge is 0.425 e. The molecule has 0 aliphatic rings. The molecule has 92 valence electrons. The molecule has 1 atom stereocenters. The molecule has 0 bridgehead atoms. The summed E-state index contributed by atoms with van der Waals surface area (Å²) in [7, 11) is 0. The fraction of sp³-hybridized carbons (Fsp3) is 1.00. The second-order valence-electron chi connectivity index (χ2n) is 2.76. The van der Waals surface area contributed by atoms with Crippen molar-refractivity contribution in [1.82, 2.24) is 0 Å². The molecule has 0 fully saturated rings. The van der Waals surface area contributed by atoms with E-state index in [1.165, 1.54) is 0 Å². The van der Waals surface area contributed by atoms with Gasteiger partial charge in [0.15, 0.2) is 0 Å². The Hall–Kier alpha value is -0.600. The van der Waals surface area contributed by atoms with Crippen LogP contribution >= 0.6 is 0 Å². The fourth-order valence-corrected chi connectivity index (χ4v) is 0.536. The molecule has 0 saturated carbocycles. The van der Waals surface area contributed by atoms with Crippen molar-refractivity contribution in [2.45, 2.75) is 31.3 Å². The van der Waals surface area contributed by atoms with Gasteiger partial charge in [-0.3, -0.25) is 0 Å². The Balaban J connectivity index is 4.43. The average Bonchev–Trinajstić information content (AvgIpc) is 1.97. The number of alkyl halides is 8. The van der Waals surface area contributed by atoms with E-state index in [-0.39, 0.29) is 6.92 Å². The van der Waals surface area contributed by atoms with Crippen molar-refractivity contribution < 1.29 is 39.9 Å². The summed E-state index contributed by atoms with van der Waals surface area (Å²) in [6.45, 7) is -2.30. The van der Waals surface area contributed by atoms with Crippen LogP contribution in [0.1, 0.15) is 6.92 Å². The second kappa shape index (κ2) is 4.11. The highest BCUT2D eigenvalue weighted by atomic mass is 19.4. The lowest BCUT2D eigenvalue weighted by molar-refractivity contribution is -0.294. The Morgan fingerprint density at radius 2 is 1.40 bits per heavy atom. The quantitative estimate of drug-likeness (QED) is 0.692. The predicted molar refractivity (Wildman–Crippen MR) is 32.5 cm³/mol. The summed E-state index contributed by atoms with van der Waals surface area (Å²) in [4.78, 5) is 0. The summed E-state index contributed by atoms with van der Waals surface area (Å²) < 4.78 is 97.8. The normalized spacial score (nSPS) is 16.6. The molecule has 9 heteroatoms. The highest BCUT2D eigenvalue weighted by molar-refractivity contribution is 4.82. The van der Waals surface area contributed by atoms with Gasteiger partial charge in [-0.15, -0.1) is 0 Å². The van der Waals surface area contributed by atoms with Crippen molar-refractivity contribution in [1.29, 1.82) is 0 Å². The van der Waals surface area contributed by atoms with E-state index in [0.29, 0.717) is 0 Å². The maximum absolute atomic E-state index is 12.3. The number of halogens is 8. The Morgan fingerprint density at radius 3 is 1.67 bits per heavy atom. The molecule has 0 spiro atoms. The van der Waals surface area contributed by atoms with Crippen LogP contribution in [0.2, 0.25) is 0 Å². The number of ether oxygens (including phenoxy) is 1. The maximum Gasteiger partial charge on any atom is 0.425 e. The molecule has 0 heterocycles. The van der Waals surface area contributed by atoms with Crippen molar-refractivity contribution in [2.75, 3.05) is 6.61 Å². The first kappa shape index (κ1) is 14.4. The summed E-state index contributed by atoms with van der Waals surface area (Å²) >= 11 is 0. The molecule has 0 aliphatic heterocycles. The van der Waals surface area contributed by atoms with E-state index in [9.17, 15) is 35.1 Å². The summed E-state index contributed by atoms with van der Waals surface area (Å²) in [5.41, 5.74) is 0. The van der Waals surface area contributed by atoms with Crippen LogP contribution in [-0.2, 0) is 4.74 Å². The lowest BCUT2D eigenvalue weighted by Crippen LogP contribution is -2.45. The fourth-order valence-electron chi connectivity index (χ4n) is 0.536. The van der Waals surface area contributed by atoms with Crippen LogP contribution in [0.5, 0.6) is 0 Å². The van der Waals surface area contributed by atoms with Crippen molar-refractivity contribution in [3.8, 4) is 0 Å². The van der Waals surface area contributed by atoms with Gasteiger partial charge in [0.05, 0.1) is 0 Å². The van der Waals surface area contributed by atoms with E-state index in [1.807, 2.05) is 0 Å². The highest BCUT2D eigenvalue weighted by Gasteiger charge is 2.57. The summed E-state index contributed by atoms with van der Waals surface area (Å²) in [5, 5.41) is 0. The third kappa shape index (κ3) is 5.14. The van der Waals surface area contributed by atoms with E-state index in [4.69, 9.17) is 0 Å². The SMILES string of the molecule is CC(F)(F)OCC(F)(F)[C@@H](F)C(F)(F)F. The van der Waals surface area contributed by atoms with Gasteiger partial charge in [-0.25, -0.2) is 13.2 Å². The minimum Gasteiger partial charge on any atom is -0.314 e. The zero-order chi connectivity index (χ0) is 12.5. The van der Waals surface area contributed by atoms with E-state index < -0.39 is 31.0 Å². The summed E-state index contributed by atoms with van der Waals surface area (Å²) in [5.74, 6) is -5.04. The van der Waals surface area contributed by atoms with E-state index in [2.05, 4.69) is 4.74 Å². The molecule has 0 saturated heterocycles. The van der Waals surface area contributed by atoms with Crippen LogP contribution in [0.4, 0.5) is 35.1 Å². The van der Waals surface area contributed by atoms with Gasteiger partial charge in [-0.1, -0.05) is 0 Å². The van der Waals surface area contributed by atoms with E-state index in [0.717, 1.165) is 0 Å². The van der Waals surface area contributed by atoms with Crippen molar-refractivity contribution in [3.63, 3.8) is 0 Å². The monoisotopic (exact) mass is 246 g/mol. The molecule has 0 aromatic carbocycles. The van der Waals surface area contributed by atoms with Gasteiger partial charge in [0.1, 0.15) is 6.61 Å². The smallest absolute Gasteiger partial charge is 0.314 e. The zero-order valence-electron chi connectivity index (χ0n) is 7.22. The van der Waals surface area contributed by atoms with Crippen LogP contribution in [0.3, 0.4) is 0 Å². The molecule has 0 unspecified atom stereocenters. The third-order valence-electron chi connectivity index (χ3n) is 1.18. The lowest BCUT2D eigenvalue weighted by atomic mass is 10.2. The number of hydrogen-bond acceptors (Lipinski definition) is 1. The predicted octanol–water partition coefficient (Wildman–Crippen LogP) is 3.15. The first-order valence-electron chi connectivity index (χ1n) is 3.46. The van der Waals surface area contributed by atoms with Crippen molar-refractivity contribution >= 4 is 0 Å². The topological polar surface area (TPSA) is 9.23 Å². The van der Waals surface area contributed by atoms with Crippen LogP contribution < -0.4 is 0 Å². The minimum absolute atomic E-state index is 0.0455. The first-order chi connectivity index (χ1) is 6.36. The van der Waals surface area contributed by atoms with Gasteiger partial charge in [0.2, 0.25) is 0 Å². The van der Waals surface area contributed by atoms with Gasteiger partial charge in [-0.2, -0.15) is 22.0 Å². The van der Waals surface area contributed by atoms with Gasteiger partial charge in [0.25, 0.3) is 6.17 Å². The average molecular weight is 246 g/mol. The maximum atomic E-state index is 12.3. The summed E-state index contributed by atoms with van der Waals surface area (Å²) in [6, 6.07) is 0. The standard InChI is InChI=1S/C6H6F8O/c1-4(8,9)15-2-5(10,11)3(7)6(12,13)14/h3H,2H2,1H3/t3-/m1/s1. The van der Waals surface area contributed by atoms with Gasteiger partial charge in [-0.05, 0) is 0 Å². The van der Waals surface area contributed by atoms with E-state index in [1.54, 1.807) is 0 Å². The van der Waals surface area contributed by atoms with Crippen LogP contribution in [-0.4, -0.2) is 31.0 Å².